The molecule has 1 nitrogen and oxygen atoms in total. The zero-order chi connectivity index (χ0) is 9.52. The Balaban J connectivity index is 2.12. The van der Waals surface area contributed by atoms with E-state index in [0.717, 1.165) is 25.9 Å². The first-order valence-corrected chi connectivity index (χ1v) is 4.83. The van der Waals surface area contributed by atoms with Gasteiger partial charge in [0.15, 0.2) is 0 Å². The van der Waals surface area contributed by atoms with Gasteiger partial charge in [-0.1, -0.05) is 23.8 Å². The highest BCUT2D eigenvalue weighted by atomic mass is 19.1. The second-order valence-corrected chi connectivity index (χ2v) is 3.34. The van der Waals surface area contributed by atoms with E-state index in [2.05, 4.69) is 0 Å². The van der Waals surface area contributed by atoms with Crippen LogP contribution in [0.5, 0.6) is 0 Å². The molecule has 0 bridgehead atoms. The van der Waals surface area contributed by atoms with Crippen molar-refractivity contribution >= 4 is 0 Å². The van der Waals surface area contributed by atoms with Crippen molar-refractivity contribution < 1.29 is 9.13 Å². The van der Waals surface area contributed by atoms with Crippen LogP contribution in [-0.4, -0.2) is 19.9 Å². The highest BCUT2D eigenvalue weighted by molar-refractivity contribution is 5.24. The van der Waals surface area contributed by atoms with Crippen molar-refractivity contribution in [3.05, 3.63) is 23.8 Å². The molecule has 0 aromatic heterocycles. The van der Waals surface area contributed by atoms with Gasteiger partial charge in [0.05, 0.1) is 0 Å². The summed E-state index contributed by atoms with van der Waals surface area (Å²) in [5, 5.41) is 0. The molecule has 13 heavy (non-hydrogen) atoms. The molecule has 0 saturated carbocycles. The van der Waals surface area contributed by atoms with Gasteiger partial charge in [0.1, 0.15) is 6.17 Å². The molecule has 1 aliphatic carbocycles. The fourth-order valence-electron chi connectivity index (χ4n) is 1.40. The van der Waals surface area contributed by atoms with Crippen LogP contribution in [0.3, 0.4) is 0 Å². The van der Waals surface area contributed by atoms with Gasteiger partial charge in [-0.25, -0.2) is 4.39 Å². The Morgan fingerprint density at radius 1 is 1.54 bits per heavy atom. The van der Waals surface area contributed by atoms with E-state index in [9.17, 15) is 4.39 Å². The summed E-state index contributed by atoms with van der Waals surface area (Å²) in [5.41, 5.74) is 1.27. The highest BCUT2D eigenvalue weighted by Crippen LogP contribution is 2.17. The first kappa shape index (κ1) is 10.5. The molecule has 1 rings (SSSR count). The second kappa shape index (κ2) is 5.92. The summed E-state index contributed by atoms with van der Waals surface area (Å²) < 4.78 is 17.6. The third-order valence-electron chi connectivity index (χ3n) is 2.19. The molecule has 0 radical (unpaired) electrons. The Hall–Kier alpha value is -0.630. The quantitative estimate of drug-likeness (QED) is 0.597. The summed E-state index contributed by atoms with van der Waals surface area (Å²) in [4.78, 5) is 0. The molecular weight excluding hydrogens is 167 g/mol. The number of unbranched alkanes of at least 4 members (excludes halogenated alkanes) is 1. The van der Waals surface area contributed by atoms with Crippen molar-refractivity contribution in [3.63, 3.8) is 0 Å². The average molecular weight is 184 g/mol. The maximum atomic E-state index is 12.6. The van der Waals surface area contributed by atoms with Crippen LogP contribution in [0, 0.1) is 0 Å². The van der Waals surface area contributed by atoms with Crippen LogP contribution in [0.4, 0.5) is 4.39 Å². The first-order chi connectivity index (χ1) is 6.33. The van der Waals surface area contributed by atoms with Crippen molar-refractivity contribution in [3.8, 4) is 0 Å². The fraction of sp³-hybridized carbons (Fsp3) is 0.636. The Morgan fingerprint density at radius 2 is 2.38 bits per heavy atom. The van der Waals surface area contributed by atoms with Gasteiger partial charge < -0.3 is 4.74 Å². The van der Waals surface area contributed by atoms with Gasteiger partial charge in [-0.15, -0.1) is 0 Å². The molecule has 0 fully saturated rings. The normalized spacial score (nSPS) is 21.7. The summed E-state index contributed by atoms with van der Waals surface area (Å²) in [7, 11) is 1.72. The van der Waals surface area contributed by atoms with E-state index in [1.54, 1.807) is 13.2 Å². The van der Waals surface area contributed by atoms with E-state index in [1.165, 1.54) is 5.57 Å². The van der Waals surface area contributed by atoms with Crippen molar-refractivity contribution in [2.24, 2.45) is 0 Å². The predicted octanol–water partition coefficient (Wildman–Crippen LogP) is 3.03. The third kappa shape index (κ3) is 4.23. The monoisotopic (exact) mass is 184 g/mol. The minimum atomic E-state index is -0.761. The minimum absolute atomic E-state index is 0.552. The molecule has 0 aliphatic heterocycles. The molecule has 0 aromatic rings. The van der Waals surface area contributed by atoms with Gasteiger partial charge in [0, 0.05) is 20.1 Å². The lowest BCUT2D eigenvalue weighted by atomic mass is 10.0. The third-order valence-corrected chi connectivity index (χ3v) is 2.19. The number of hydrogen-bond donors (Lipinski definition) is 0. The van der Waals surface area contributed by atoms with Gasteiger partial charge in [0.2, 0.25) is 0 Å². The number of alkyl halides is 1. The first-order valence-electron chi connectivity index (χ1n) is 4.83. The molecule has 0 spiro atoms. The van der Waals surface area contributed by atoms with Crippen molar-refractivity contribution in [1.82, 2.24) is 0 Å². The Bertz CT molecular complexity index is 196. The van der Waals surface area contributed by atoms with Gasteiger partial charge in [-0.3, -0.25) is 0 Å². The van der Waals surface area contributed by atoms with Crippen LogP contribution >= 0.6 is 0 Å². The van der Waals surface area contributed by atoms with Crippen LogP contribution < -0.4 is 0 Å². The molecular formula is C11H17FO. The van der Waals surface area contributed by atoms with Crippen molar-refractivity contribution in [2.75, 3.05) is 13.7 Å². The lowest BCUT2D eigenvalue weighted by Crippen LogP contribution is -1.98. The number of allylic oxidation sites excluding steroid dienone is 4. The molecule has 1 atom stereocenters. The van der Waals surface area contributed by atoms with Gasteiger partial charge in [0.25, 0.3) is 0 Å². The van der Waals surface area contributed by atoms with E-state index in [-0.39, 0.29) is 0 Å². The van der Waals surface area contributed by atoms with Crippen molar-refractivity contribution in [1.29, 1.82) is 0 Å². The summed E-state index contributed by atoms with van der Waals surface area (Å²) in [5.74, 6) is 0. The number of rotatable bonds is 5. The number of hydrogen-bond acceptors (Lipinski definition) is 1. The topological polar surface area (TPSA) is 9.23 Å². The lowest BCUT2D eigenvalue weighted by molar-refractivity contribution is 0.193. The molecule has 0 unspecified atom stereocenters. The standard InChI is InChI=1S/C11H17FO/c1-13-9-3-2-4-10-5-7-11(12)8-6-10/h5-7,11H,2-4,8-9H2,1H3/t11-/m1/s1. The second-order valence-electron chi connectivity index (χ2n) is 3.34. The molecule has 0 heterocycles. The minimum Gasteiger partial charge on any atom is -0.385 e. The molecule has 0 amide bonds. The molecule has 0 N–H and O–H groups in total. The lowest BCUT2D eigenvalue weighted by Gasteiger charge is -2.09. The highest BCUT2D eigenvalue weighted by Gasteiger charge is 2.05. The van der Waals surface area contributed by atoms with Crippen LogP contribution in [0.15, 0.2) is 23.8 Å². The zero-order valence-electron chi connectivity index (χ0n) is 8.13. The summed E-state index contributed by atoms with van der Waals surface area (Å²) in [6.07, 6.45) is 8.59. The van der Waals surface area contributed by atoms with Gasteiger partial charge in [-0.2, -0.15) is 0 Å². The number of halogens is 1. The summed E-state index contributed by atoms with van der Waals surface area (Å²) >= 11 is 0. The van der Waals surface area contributed by atoms with E-state index < -0.39 is 6.17 Å². The van der Waals surface area contributed by atoms with Crippen LogP contribution in [-0.2, 0) is 4.74 Å². The van der Waals surface area contributed by atoms with Crippen LogP contribution in [0.2, 0.25) is 0 Å². The van der Waals surface area contributed by atoms with Crippen molar-refractivity contribution in [2.45, 2.75) is 31.9 Å². The maximum absolute atomic E-state index is 12.6. The Kier molecular flexibility index (Phi) is 4.76. The molecule has 2 heteroatoms. The zero-order valence-corrected chi connectivity index (χ0v) is 8.13. The number of ether oxygens (including phenoxy) is 1. The van der Waals surface area contributed by atoms with Crippen LogP contribution in [0.1, 0.15) is 25.7 Å². The molecule has 0 aromatic carbocycles. The largest absolute Gasteiger partial charge is 0.385 e. The average Bonchev–Trinajstić information content (AvgIpc) is 2.15. The van der Waals surface area contributed by atoms with E-state index in [4.69, 9.17) is 4.74 Å². The fourth-order valence-corrected chi connectivity index (χ4v) is 1.40. The Morgan fingerprint density at radius 3 is 3.00 bits per heavy atom. The number of methoxy groups -OCH3 is 1. The maximum Gasteiger partial charge on any atom is 0.122 e. The predicted molar refractivity (Wildman–Crippen MR) is 52.5 cm³/mol. The van der Waals surface area contributed by atoms with E-state index >= 15 is 0 Å². The van der Waals surface area contributed by atoms with Gasteiger partial charge in [-0.05, 0) is 19.3 Å². The molecule has 74 valence electrons. The Labute approximate surface area is 79.3 Å². The van der Waals surface area contributed by atoms with Crippen LogP contribution in [0.25, 0.3) is 0 Å². The van der Waals surface area contributed by atoms with Gasteiger partial charge >= 0.3 is 0 Å². The van der Waals surface area contributed by atoms with E-state index in [1.807, 2.05) is 12.2 Å². The SMILES string of the molecule is COCCCCC1=CC[C@H](F)C=C1. The molecule has 0 saturated heterocycles. The summed E-state index contributed by atoms with van der Waals surface area (Å²) in [6.45, 7) is 0.822. The summed E-state index contributed by atoms with van der Waals surface area (Å²) in [6, 6.07) is 0. The van der Waals surface area contributed by atoms with E-state index in [0.29, 0.717) is 6.42 Å². The smallest absolute Gasteiger partial charge is 0.122 e. The molecule has 1 aliphatic rings.